The fourth-order valence-electron chi connectivity index (χ4n) is 1.10. The summed E-state index contributed by atoms with van der Waals surface area (Å²) >= 11 is 0. The van der Waals surface area contributed by atoms with E-state index in [1.807, 2.05) is 0 Å². The van der Waals surface area contributed by atoms with Gasteiger partial charge in [0.25, 0.3) is 0 Å². The van der Waals surface area contributed by atoms with Gasteiger partial charge >= 0.3 is 0 Å². The van der Waals surface area contributed by atoms with Gasteiger partial charge < -0.3 is 0 Å². The van der Waals surface area contributed by atoms with Crippen LogP contribution in [-0.2, 0) is 0 Å². The van der Waals surface area contributed by atoms with Crippen LogP contribution >= 0.6 is 0 Å². The molecule has 0 amide bonds. The van der Waals surface area contributed by atoms with Crippen molar-refractivity contribution in [2.75, 3.05) is 0 Å². The Hall–Kier alpha value is -0.260. The van der Waals surface area contributed by atoms with E-state index < -0.39 is 0 Å². The van der Waals surface area contributed by atoms with Gasteiger partial charge in [0.2, 0.25) is 0 Å². The third kappa shape index (κ3) is 5.87. The molecule has 0 radical (unpaired) electrons. The molecule has 10 heavy (non-hydrogen) atoms. The molecule has 0 heteroatoms. The zero-order valence-electron chi connectivity index (χ0n) is 7.45. The summed E-state index contributed by atoms with van der Waals surface area (Å²) in [4.78, 5) is 0. The molecule has 0 bridgehead atoms. The van der Waals surface area contributed by atoms with Crippen molar-refractivity contribution in [3.05, 3.63) is 12.2 Å². The molecule has 0 unspecified atom stereocenters. The van der Waals surface area contributed by atoms with Crippen molar-refractivity contribution < 1.29 is 0 Å². The standard InChI is InChI=1S/C10H20/c1-4-6-7-9-10(3)8-5-2/h3-9H2,1-2H3. The zero-order chi connectivity index (χ0) is 7.82. The van der Waals surface area contributed by atoms with Gasteiger partial charge in [0.15, 0.2) is 0 Å². The highest BCUT2D eigenvalue weighted by Gasteiger charge is 1.91. The van der Waals surface area contributed by atoms with Gasteiger partial charge in [0.1, 0.15) is 0 Å². The average Bonchev–Trinajstić information content (AvgIpc) is 1.89. The summed E-state index contributed by atoms with van der Waals surface area (Å²) < 4.78 is 0. The molecule has 0 aliphatic heterocycles. The third-order valence-electron chi connectivity index (χ3n) is 1.74. The summed E-state index contributed by atoms with van der Waals surface area (Å²) in [5.41, 5.74) is 1.44. The molecule has 0 heterocycles. The van der Waals surface area contributed by atoms with Crippen LogP contribution in [0.3, 0.4) is 0 Å². The molecule has 0 spiro atoms. The van der Waals surface area contributed by atoms with Crippen LogP contribution < -0.4 is 0 Å². The van der Waals surface area contributed by atoms with E-state index >= 15 is 0 Å². The second-order valence-electron chi connectivity index (χ2n) is 2.96. The van der Waals surface area contributed by atoms with Gasteiger partial charge in [-0.3, -0.25) is 0 Å². The van der Waals surface area contributed by atoms with Crippen LogP contribution in [0.2, 0.25) is 0 Å². The summed E-state index contributed by atoms with van der Waals surface area (Å²) in [7, 11) is 0. The highest BCUT2D eigenvalue weighted by molar-refractivity contribution is 4.92. The van der Waals surface area contributed by atoms with Crippen LogP contribution in [-0.4, -0.2) is 0 Å². The Morgan fingerprint density at radius 2 is 1.70 bits per heavy atom. The summed E-state index contributed by atoms with van der Waals surface area (Å²) in [6, 6.07) is 0. The van der Waals surface area contributed by atoms with Crippen molar-refractivity contribution in [1.82, 2.24) is 0 Å². The number of hydrogen-bond donors (Lipinski definition) is 0. The maximum absolute atomic E-state index is 4.02. The first kappa shape index (κ1) is 9.74. The highest BCUT2D eigenvalue weighted by atomic mass is 14.0. The second kappa shape index (κ2) is 6.85. The predicted octanol–water partition coefficient (Wildman–Crippen LogP) is 3.92. The molecular weight excluding hydrogens is 120 g/mol. The smallest absolute Gasteiger partial charge is 0.0323 e. The normalized spacial score (nSPS) is 9.80. The van der Waals surface area contributed by atoms with Crippen LogP contribution in [0.1, 0.15) is 52.4 Å². The van der Waals surface area contributed by atoms with Crippen molar-refractivity contribution >= 4 is 0 Å². The predicted molar refractivity (Wildman–Crippen MR) is 48.2 cm³/mol. The number of rotatable bonds is 6. The molecule has 0 aliphatic carbocycles. The topological polar surface area (TPSA) is 0 Å². The van der Waals surface area contributed by atoms with Gasteiger partial charge in [-0.05, 0) is 19.3 Å². The van der Waals surface area contributed by atoms with E-state index in [0.717, 1.165) is 0 Å². The molecule has 60 valence electrons. The molecule has 0 aromatic heterocycles. The first-order valence-corrected chi connectivity index (χ1v) is 4.47. The summed E-state index contributed by atoms with van der Waals surface area (Å²) in [6.45, 7) is 8.47. The van der Waals surface area contributed by atoms with Gasteiger partial charge in [0.05, 0.1) is 0 Å². The van der Waals surface area contributed by atoms with Gasteiger partial charge in [-0.15, -0.1) is 0 Å². The lowest BCUT2D eigenvalue weighted by molar-refractivity contribution is 0.693. The fourth-order valence-corrected chi connectivity index (χ4v) is 1.10. The molecule has 0 aromatic carbocycles. The first-order valence-electron chi connectivity index (χ1n) is 4.47. The van der Waals surface area contributed by atoms with Gasteiger partial charge in [0, 0.05) is 0 Å². The van der Waals surface area contributed by atoms with Crippen LogP contribution in [0.5, 0.6) is 0 Å². The molecule has 0 N–H and O–H groups in total. The Morgan fingerprint density at radius 3 is 2.20 bits per heavy atom. The fraction of sp³-hybridized carbons (Fsp3) is 0.800. The Bertz CT molecular complexity index is 82.0. The van der Waals surface area contributed by atoms with Crippen molar-refractivity contribution in [2.45, 2.75) is 52.4 Å². The van der Waals surface area contributed by atoms with Crippen LogP contribution in [0.15, 0.2) is 12.2 Å². The van der Waals surface area contributed by atoms with E-state index in [4.69, 9.17) is 0 Å². The van der Waals surface area contributed by atoms with Crippen molar-refractivity contribution in [3.8, 4) is 0 Å². The maximum atomic E-state index is 4.02. The zero-order valence-corrected chi connectivity index (χ0v) is 7.45. The maximum Gasteiger partial charge on any atom is -0.0323 e. The number of hydrogen-bond acceptors (Lipinski definition) is 0. The molecular formula is C10H20. The van der Waals surface area contributed by atoms with Gasteiger partial charge in [-0.2, -0.15) is 0 Å². The Kier molecular flexibility index (Phi) is 6.68. The monoisotopic (exact) mass is 140 g/mol. The molecule has 0 saturated carbocycles. The van der Waals surface area contributed by atoms with Gasteiger partial charge in [-0.25, -0.2) is 0 Å². The Morgan fingerprint density at radius 1 is 1.00 bits per heavy atom. The number of allylic oxidation sites excluding steroid dienone is 1. The van der Waals surface area contributed by atoms with E-state index in [0.29, 0.717) is 0 Å². The molecule has 0 rings (SSSR count). The lowest BCUT2D eigenvalue weighted by atomic mass is 10.1. The van der Waals surface area contributed by atoms with Crippen LogP contribution in [0.25, 0.3) is 0 Å². The highest BCUT2D eigenvalue weighted by Crippen LogP contribution is 2.11. The van der Waals surface area contributed by atoms with Crippen LogP contribution in [0, 0.1) is 0 Å². The Balaban J connectivity index is 3.05. The lowest BCUT2D eigenvalue weighted by Crippen LogP contribution is -1.81. The van der Waals surface area contributed by atoms with Crippen molar-refractivity contribution in [2.24, 2.45) is 0 Å². The molecule has 0 fully saturated rings. The third-order valence-corrected chi connectivity index (χ3v) is 1.74. The van der Waals surface area contributed by atoms with E-state index in [-0.39, 0.29) is 0 Å². The molecule has 0 atom stereocenters. The van der Waals surface area contributed by atoms with Gasteiger partial charge in [-0.1, -0.05) is 45.3 Å². The van der Waals surface area contributed by atoms with Crippen molar-refractivity contribution in [1.29, 1.82) is 0 Å². The van der Waals surface area contributed by atoms with E-state index in [1.165, 1.54) is 44.1 Å². The quantitative estimate of drug-likeness (QED) is 0.387. The Labute approximate surface area is 65.3 Å². The minimum atomic E-state index is 1.23. The first-order chi connectivity index (χ1) is 4.81. The van der Waals surface area contributed by atoms with E-state index in [1.54, 1.807) is 0 Å². The molecule has 0 nitrogen and oxygen atoms in total. The summed E-state index contributed by atoms with van der Waals surface area (Å²) in [5.74, 6) is 0. The molecule has 0 saturated heterocycles. The molecule has 0 aliphatic rings. The largest absolute Gasteiger partial charge is 0.0999 e. The minimum absolute atomic E-state index is 1.23. The SMILES string of the molecule is C=C(CCC)CCCCC. The van der Waals surface area contributed by atoms with Crippen LogP contribution in [0.4, 0.5) is 0 Å². The summed E-state index contributed by atoms with van der Waals surface area (Å²) in [5, 5.41) is 0. The average molecular weight is 140 g/mol. The van der Waals surface area contributed by atoms with E-state index in [9.17, 15) is 0 Å². The van der Waals surface area contributed by atoms with Crippen molar-refractivity contribution in [3.63, 3.8) is 0 Å². The second-order valence-corrected chi connectivity index (χ2v) is 2.96. The van der Waals surface area contributed by atoms with E-state index in [2.05, 4.69) is 20.4 Å². The minimum Gasteiger partial charge on any atom is -0.0999 e. The summed E-state index contributed by atoms with van der Waals surface area (Å²) in [6.07, 6.45) is 7.76. The molecule has 0 aromatic rings. The lowest BCUT2D eigenvalue weighted by Gasteiger charge is -2.01. The number of unbranched alkanes of at least 4 members (excludes halogenated alkanes) is 2.